The third-order valence-electron chi connectivity index (χ3n) is 3.98. The van der Waals surface area contributed by atoms with E-state index in [1.807, 2.05) is 42.3 Å². The predicted octanol–water partition coefficient (Wildman–Crippen LogP) is 3.55. The van der Waals surface area contributed by atoms with Crippen molar-refractivity contribution in [3.05, 3.63) is 52.0 Å². The van der Waals surface area contributed by atoms with Gasteiger partial charge in [0.05, 0.1) is 4.88 Å². The van der Waals surface area contributed by atoms with Crippen LogP contribution in [-0.2, 0) is 6.42 Å². The molecular formula is C17H20N2OS. The molecule has 0 aromatic carbocycles. The van der Waals surface area contributed by atoms with Crippen molar-refractivity contribution in [2.75, 3.05) is 13.1 Å². The normalized spacial score (nSPS) is 18.7. The second-order valence-corrected chi connectivity index (χ2v) is 6.98. The van der Waals surface area contributed by atoms with Crippen LogP contribution in [0.4, 0.5) is 0 Å². The van der Waals surface area contributed by atoms with E-state index in [1.54, 1.807) is 11.3 Å². The first kappa shape index (κ1) is 14.3. The molecule has 1 atom stereocenters. The van der Waals surface area contributed by atoms with E-state index in [-0.39, 0.29) is 5.91 Å². The first-order valence-electron chi connectivity index (χ1n) is 7.48. The molecular weight excluding hydrogens is 280 g/mol. The number of carbonyl (C=O) groups excluding carboxylic acids is 1. The minimum absolute atomic E-state index is 0.193. The Morgan fingerprint density at radius 3 is 3.00 bits per heavy atom. The highest BCUT2D eigenvalue weighted by Gasteiger charge is 2.25. The van der Waals surface area contributed by atoms with Gasteiger partial charge in [0.15, 0.2) is 0 Å². The van der Waals surface area contributed by atoms with Crippen molar-refractivity contribution in [1.82, 2.24) is 9.88 Å². The van der Waals surface area contributed by atoms with Gasteiger partial charge in [-0.25, -0.2) is 0 Å². The summed E-state index contributed by atoms with van der Waals surface area (Å²) in [5, 5.41) is 0. The van der Waals surface area contributed by atoms with Gasteiger partial charge in [-0.15, -0.1) is 11.3 Å². The predicted molar refractivity (Wildman–Crippen MR) is 85.6 cm³/mol. The van der Waals surface area contributed by atoms with Gasteiger partial charge >= 0.3 is 0 Å². The number of likely N-dealkylation sites (tertiary alicyclic amines) is 1. The summed E-state index contributed by atoms with van der Waals surface area (Å²) in [5.41, 5.74) is 1.13. The van der Waals surface area contributed by atoms with E-state index in [9.17, 15) is 4.79 Å². The van der Waals surface area contributed by atoms with Crippen LogP contribution < -0.4 is 0 Å². The number of aromatic nitrogens is 1. The molecule has 21 heavy (non-hydrogen) atoms. The lowest BCUT2D eigenvalue weighted by Gasteiger charge is -2.32. The molecule has 1 amide bonds. The number of carbonyl (C=O) groups is 1. The van der Waals surface area contributed by atoms with Crippen LogP contribution in [0, 0.1) is 12.8 Å². The fourth-order valence-corrected chi connectivity index (χ4v) is 3.77. The van der Waals surface area contributed by atoms with Crippen LogP contribution in [0.15, 0.2) is 36.5 Å². The summed E-state index contributed by atoms with van der Waals surface area (Å²) in [6.07, 6.45) is 5.08. The van der Waals surface area contributed by atoms with E-state index in [0.29, 0.717) is 5.92 Å². The molecule has 1 aliphatic rings. The second kappa shape index (κ2) is 6.39. The zero-order chi connectivity index (χ0) is 14.7. The van der Waals surface area contributed by atoms with E-state index in [2.05, 4.69) is 11.1 Å². The molecule has 0 bridgehead atoms. The van der Waals surface area contributed by atoms with Crippen LogP contribution in [-0.4, -0.2) is 28.9 Å². The molecule has 0 saturated carbocycles. The average Bonchev–Trinajstić information content (AvgIpc) is 2.94. The van der Waals surface area contributed by atoms with Crippen LogP contribution in [0.2, 0.25) is 0 Å². The summed E-state index contributed by atoms with van der Waals surface area (Å²) in [6.45, 7) is 3.78. The molecule has 1 saturated heterocycles. The number of thiophene rings is 1. The average molecular weight is 300 g/mol. The zero-order valence-electron chi connectivity index (χ0n) is 12.3. The number of hydrogen-bond donors (Lipinski definition) is 0. The highest BCUT2D eigenvalue weighted by atomic mass is 32.1. The Balaban J connectivity index is 1.64. The second-order valence-electron chi connectivity index (χ2n) is 5.69. The maximum Gasteiger partial charge on any atom is 0.263 e. The zero-order valence-corrected chi connectivity index (χ0v) is 13.1. The highest BCUT2D eigenvalue weighted by Crippen LogP contribution is 2.24. The van der Waals surface area contributed by atoms with E-state index < -0.39 is 0 Å². The molecule has 3 rings (SSSR count). The van der Waals surface area contributed by atoms with E-state index in [0.717, 1.165) is 36.5 Å². The van der Waals surface area contributed by atoms with E-state index in [1.165, 1.54) is 11.3 Å². The summed E-state index contributed by atoms with van der Waals surface area (Å²) in [6, 6.07) is 10.0. The van der Waals surface area contributed by atoms with Crippen molar-refractivity contribution in [2.45, 2.75) is 26.2 Å². The lowest BCUT2D eigenvalue weighted by molar-refractivity contribution is 0.0677. The lowest BCUT2D eigenvalue weighted by Crippen LogP contribution is -2.40. The first-order valence-corrected chi connectivity index (χ1v) is 8.29. The maximum absolute atomic E-state index is 12.5. The van der Waals surface area contributed by atoms with Crippen LogP contribution in [0.3, 0.4) is 0 Å². The number of aryl methyl sites for hydroxylation is 1. The van der Waals surface area contributed by atoms with Crippen molar-refractivity contribution < 1.29 is 4.79 Å². The summed E-state index contributed by atoms with van der Waals surface area (Å²) < 4.78 is 0. The largest absolute Gasteiger partial charge is 0.338 e. The molecule has 2 aromatic rings. The summed E-state index contributed by atoms with van der Waals surface area (Å²) in [7, 11) is 0. The Morgan fingerprint density at radius 1 is 1.38 bits per heavy atom. The van der Waals surface area contributed by atoms with E-state index in [4.69, 9.17) is 0 Å². The Labute approximate surface area is 129 Å². The molecule has 0 radical (unpaired) electrons. The Hall–Kier alpha value is -1.68. The Morgan fingerprint density at radius 2 is 2.29 bits per heavy atom. The van der Waals surface area contributed by atoms with Gasteiger partial charge in [0.1, 0.15) is 0 Å². The molecule has 0 spiro atoms. The molecule has 3 heterocycles. The number of hydrogen-bond acceptors (Lipinski definition) is 3. The monoisotopic (exact) mass is 300 g/mol. The SMILES string of the molecule is Cc1ccc(C(=O)N2CCCC(Cc3ccccn3)C2)s1. The summed E-state index contributed by atoms with van der Waals surface area (Å²) in [4.78, 5) is 21.0. The number of rotatable bonds is 3. The van der Waals surface area contributed by atoms with Crippen LogP contribution in [0.5, 0.6) is 0 Å². The van der Waals surface area contributed by atoms with Crippen LogP contribution >= 0.6 is 11.3 Å². The van der Waals surface area contributed by atoms with Gasteiger partial charge in [0.25, 0.3) is 5.91 Å². The van der Waals surface area contributed by atoms with Gasteiger partial charge < -0.3 is 4.90 Å². The molecule has 3 nitrogen and oxygen atoms in total. The van der Waals surface area contributed by atoms with Gasteiger partial charge in [0, 0.05) is 29.9 Å². The minimum atomic E-state index is 0.193. The van der Waals surface area contributed by atoms with Gasteiger partial charge in [-0.05, 0) is 56.4 Å². The molecule has 110 valence electrons. The summed E-state index contributed by atoms with van der Waals surface area (Å²) in [5.74, 6) is 0.720. The summed E-state index contributed by atoms with van der Waals surface area (Å²) >= 11 is 1.59. The van der Waals surface area contributed by atoms with E-state index >= 15 is 0 Å². The maximum atomic E-state index is 12.5. The number of pyridine rings is 1. The molecule has 2 aromatic heterocycles. The standard InChI is InChI=1S/C17H20N2OS/c1-13-7-8-16(21-13)17(20)19-10-4-5-14(12-19)11-15-6-2-3-9-18-15/h2-3,6-9,14H,4-5,10-12H2,1H3. The van der Waals surface area contributed by atoms with Crippen molar-refractivity contribution in [2.24, 2.45) is 5.92 Å². The first-order chi connectivity index (χ1) is 10.2. The van der Waals surface area contributed by atoms with Crippen molar-refractivity contribution in [3.8, 4) is 0 Å². The number of amides is 1. The van der Waals surface area contributed by atoms with Gasteiger partial charge in [0.2, 0.25) is 0 Å². The fraction of sp³-hybridized carbons (Fsp3) is 0.412. The number of piperidine rings is 1. The molecule has 0 N–H and O–H groups in total. The van der Waals surface area contributed by atoms with Crippen LogP contribution in [0.25, 0.3) is 0 Å². The number of nitrogens with zero attached hydrogens (tertiary/aromatic N) is 2. The molecule has 1 unspecified atom stereocenters. The molecule has 4 heteroatoms. The van der Waals surface area contributed by atoms with Crippen LogP contribution in [0.1, 0.15) is 33.1 Å². The quantitative estimate of drug-likeness (QED) is 0.868. The Kier molecular flexibility index (Phi) is 4.34. The lowest BCUT2D eigenvalue weighted by atomic mass is 9.93. The van der Waals surface area contributed by atoms with Gasteiger partial charge in [-0.2, -0.15) is 0 Å². The third-order valence-corrected chi connectivity index (χ3v) is 4.97. The van der Waals surface area contributed by atoms with Crippen molar-refractivity contribution in [3.63, 3.8) is 0 Å². The van der Waals surface area contributed by atoms with Crippen molar-refractivity contribution in [1.29, 1.82) is 0 Å². The van der Waals surface area contributed by atoms with Gasteiger partial charge in [-0.1, -0.05) is 6.07 Å². The highest BCUT2D eigenvalue weighted by molar-refractivity contribution is 7.13. The molecule has 1 aliphatic heterocycles. The fourth-order valence-electron chi connectivity index (χ4n) is 2.94. The van der Waals surface area contributed by atoms with Gasteiger partial charge in [-0.3, -0.25) is 9.78 Å². The smallest absolute Gasteiger partial charge is 0.263 e. The molecule has 0 aliphatic carbocycles. The minimum Gasteiger partial charge on any atom is -0.338 e. The topological polar surface area (TPSA) is 33.2 Å². The van der Waals surface area contributed by atoms with Crippen molar-refractivity contribution >= 4 is 17.2 Å². The third kappa shape index (κ3) is 3.50. The molecule has 1 fully saturated rings. The Bertz CT molecular complexity index is 608.